The van der Waals surface area contributed by atoms with Crippen LogP contribution in [0.5, 0.6) is 0 Å². The summed E-state index contributed by atoms with van der Waals surface area (Å²) in [5.41, 5.74) is -1.15. The Morgan fingerprint density at radius 2 is 1.29 bits per heavy atom. The number of hydrogen-bond donors (Lipinski definition) is 2. The summed E-state index contributed by atoms with van der Waals surface area (Å²) in [5.74, 6) is -2.46. The van der Waals surface area contributed by atoms with Crippen molar-refractivity contribution < 1.29 is 19.2 Å². The van der Waals surface area contributed by atoms with Gasteiger partial charge in [0, 0.05) is 12.0 Å². The maximum Gasteiger partial charge on any atom is 0.328 e. The third-order valence-electron chi connectivity index (χ3n) is 3.97. The van der Waals surface area contributed by atoms with Crippen LogP contribution in [-0.2, 0) is 16.0 Å². The van der Waals surface area contributed by atoms with Crippen molar-refractivity contribution in [3.05, 3.63) is 71.8 Å². The predicted octanol–water partition coefficient (Wildman–Crippen LogP) is 1.46. The number of imide groups is 2. The molecule has 4 amide bonds. The fourth-order valence-corrected chi connectivity index (χ4v) is 2.74. The second-order valence-corrected chi connectivity index (χ2v) is 5.50. The molecule has 0 spiro atoms. The molecule has 1 saturated heterocycles. The number of benzene rings is 2. The molecule has 120 valence electrons. The summed E-state index contributed by atoms with van der Waals surface area (Å²) >= 11 is 0. The summed E-state index contributed by atoms with van der Waals surface area (Å²) in [6, 6.07) is 15.9. The lowest BCUT2D eigenvalue weighted by Crippen LogP contribution is -2.66. The lowest BCUT2D eigenvalue weighted by atomic mass is 9.73. The van der Waals surface area contributed by atoms with Gasteiger partial charge in [-0.25, -0.2) is 4.79 Å². The molecule has 2 N–H and O–H groups in total. The first-order chi connectivity index (χ1) is 11.5. The van der Waals surface area contributed by atoms with E-state index in [1.165, 1.54) is 12.1 Å². The third-order valence-corrected chi connectivity index (χ3v) is 3.97. The Balaban J connectivity index is 2.10. The lowest BCUT2D eigenvalue weighted by molar-refractivity contribution is -0.140. The van der Waals surface area contributed by atoms with Gasteiger partial charge in [0.2, 0.25) is 0 Å². The molecule has 0 radical (unpaired) electrons. The van der Waals surface area contributed by atoms with E-state index in [1.807, 2.05) is 10.6 Å². The summed E-state index contributed by atoms with van der Waals surface area (Å²) in [5, 5.41) is 4.08. The molecule has 0 aliphatic carbocycles. The van der Waals surface area contributed by atoms with Crippen molar-refractivity contribution in [3.63, 3.8) is 0 Å². The second-order valence-electron chi connectivity index (χ2n) is 5.50. The van der Waals surface area contributed by atoms with Crippen LogP contribution in [0.25, 0.3) is 0 Å². The minimum atomic E-state index is -2.02. The summed E-state index contributed by atoms with van der Waals surface area (Å²) in [6.07, 6.45) is -0.132. The highest BCUT2D eigenvalue weighted by atomic mass is 16.2. The van der Waals surface area contributed by atoms with E-state index in [0.29, 0.717) is 5.56 Å². The molecule has 2 aromatic rings. The van der Waals surface area contributed by atoms with Gasteiger partial charge in [-0.3, -0.25) is 25.0 Å². The van der Waals surface area contributed by atoms with Crippen molar-refractivity contribution in [2.45, 2.75) is 6.42 Å². The van der Waals surface area contributed by atoms with Crippen molar-refractivity contribution in [1.82, 2.24) is 10.6 Å². The molecule has 0 saturated carbocycles. The van der Waals surface area contributed by atoms with Gasteiger partial charge in [0.15, 0.2) is 11.2 Å². The monoisotopic (exact) mass is 322 g/mol. The zero-order chi connectivity index (χ0) is 17.2. The molecule has 1 heterocycles. The third kappa shape index (κ3) is 2.58. The van der Waals surface area contributed by atoms with Crippen molar-refractivity contribution >= 4 is 23.6 Å². The molecule has 0 unspecified atom stereocenters. The number of rotatable bonds is 4. The van der Waals surface area contributed by atoms with Crippen LogP contribution in [0.3, 0.4) is 0 Å². The Morgan fingerprint density at radius 1 is 0.792 bits per heavy atom. The first kappa shape index (κ1) is 15.6. The molecule has 1 fully saturated rings. The highest BCUT2D eigenvalue weighted by Gasteiger charge is 2.56. The molecular formula is C18H14N2O4. The Labute approximate surface area is 137 Å². The topological polar surface area (TPSA) is 92.3 Å². The van der Waals surface area contributed by atoms with E-state index in [4.69, 9.17) is 0 Å². The molecule has 3 rings (SSSR count). The number of nitrogens with one attached hydrogen (secondary N) is 2. The smallest absolute Gasteiger partial charge is 0.292 e. The Morgan fingerprint density at radius 3 is 1.83 bits per heavy atom. The van der Waals surface area contributed by atoms with Gasteiger partial charge >= 0.3 is 6.03 Å². The van der Waals surface area contributed by atoms with Crippen LogP contribution in [0.4, 0.5) is 4.79 Å². The maximum atomic E-state index is 13.0. The van der Waals surface area contributed by atoms with Gasteiger partial charge in [-0.2, -0.15) is 0 Å². The van der Waals surface area contributed by atoms with Crippen molar-refractivity contribution in [2.24, 2.45) is 5.41 Å². The molecule has 1 aliphatic heterocycles. The molecule has 6 nitrogen and oxygen atoms in total. The molecule has 6 heteroatoms. The lowest BCUT2D eigenvalue weighted by Gasteiger charge is -2.32. The van der Waals surface area contributed by atoms with E-state index < -0.39 is 29.0 Å². The van der Waals surface area contributed by atoms with Crippen molar-refractivity contribution in [1.29, 1.82) is 0 Å². The summed E-state index contributed by atoms with van der Waals surface area (Å²) in [4.78, 5) is 49.5. The standard InChI is InChI=1S/C18H14N2O4/c21-14(13-9-5-2-6-10-13)18(11-12-7-3-1-4-8-12)15(22)19-17(24)20-16(18)23/h1-10H,11H2,(H2,19,20,22,23,24). The molecule has 0 aromatic heterocycles. The molecule has 1 aliphatic rings. The number of amides is 4. The van der Waals surface area contributed by atoms with E-state index in [-0.39, 0.29) is 12.0 Å². The number of carbonyl (C=O) groups is 4. The number of ketones is 1. The first-order valence-corrected chi connectivity index (χ1v) is 7.34. The van der Waals surface area contributed by atoms with Gasteiger partial charge in [-0.15, -0.1) is 0 Å². The SMILES string of the molecule is O=C1NC(=O)C(Cc2ccccc2)(C(=O)c2ccccc2)C(=O)N1. The largest absolute Gasteiger partial charge is 0.328 e. The second kappa shape index (κ2) is 6.08. The molecular weight excluding hydrogens is 308 g/mol. The molecule has 2 aromatic carbocycles. The number of urea groups is 1. The number of carbonyl (C=O) groups excluding carboxylic acids is 4. The predicted molar refractivity (Wildman–Crippen MR) is 85.0 cm³/mol. The summed E-state index contributed by atoms with van der Waals surface area (Å²) in [6.45, 7) is 0. The highest BCUT2D eigenvalue weighted by molar-refractivity contribution is 6.33. The average Bonchev–Trinajstić information content (AvgIpc) is 2.59. The number of Topliss-reactive ketones (excluding diaryl/α,β-unsaturated/α-hetero) is 1. The molecule has 0 bridgehead atoms. The van der Waals surface area contributed by atoms with Crippen LogP contribution in [0.15, 0.2) is 60.7 Å². The van der Waals surface area contributed by atoms with Crippen LogP contribution in [0.2, 0.25) is 0 Å². The Hall–Kier alpha value is -3.28. The van der Waals surface area contributed by atoms with Gasteiger partial charge in [-0.05, 0) is 5.56 Å². The van der Waals surface area contributed by atoms with E-state index >= 15 is 0 Å². The van der Waals surface area contributed by atoms with E-state index in [2.05, 4.69) is 0 Å². The fraction of sp³-hybridized carbons (Fsp3) is 0.111. The molecule has 0 atom stereocenters. The zero-order valence-electron chi connectivity index (χ0n) is 12.6. The Kier molecular flexibility index (Phi) is 3.95. The van der Waals surface area contributed by atoms with Crippen LogP contribution in [0.1, 0.15) is 15.9 Å². The maximum absolute atomic E-state index is 13.0. The summed E-state index contributed by atoms with van der Waals surface area (Å²) in [7, 11) is 0. The quantitative estimate of drug-likeness (QED) is 0.658. The minimum absolute atomic E-state index is 0.132. The number of barbiturate groups is 1. The van der Waals surface area contributed by atoms with Crippen LogP contribution in [0, 0.1) is 5.41 Å². The van der Waals surface area contributed by atoms with Crippen molar-refractivity contribution in [2.75, 3.05) is 0 Å². The van der Waals surface area contributed by atoms with Gasteiger partial charge < -0.3 is 0 Å². The normalized spacial score (nSPS) is 16.2. The van der Waals surface area contributed by atoms with E-state index in [9.17, 15) is 19.2 Å². The average molecular weight is 322 g/mol. The van der Waals surface area contributed by atoms with Crippen LogP contribution < -0.4 is 10.6 Å². The highest BCUT2D eigenvalue weighted by Crippen LogP contribution is 2.31. The minimum Gasteiger partial charge on any atom is -0.292 e. The van der Waals surface area contributed by atoms with Gasteiger partial charge in [0.25, 0.3) is 11.8 Å². The van der Waals surface area contributed by atoms with Crippen LogP contribution in [-0.4, -0.2) is 23.6 Å². The van der Waals surface area contributed by atoms with E-state index in [1.54, 1.807) is 48.5 Å². The molecule has 24 heavy (non-hydrogen) atoms. The Bertz CT molecular complexity index is 795. The number of hydrogen-bond acceptors (Lipinski definition) is 4. The fourth-order valence-electron chi connectivity index (χ4n) is 2.74. The van der Waals surface area contributed by atoms with Crippen LogP contribution >= 0.6 is 0 Å². The van der Waals surface area contributed by atoms with Gasteiger partial charge in [0.05, 0.1) is 0 Å². The van der Waals surface area contributed by atoms with Gasteiger partial charge in [0.1, 0.15) is 0 Å². The van der Waals surface area contributed by atoms with E-state index in [0.717, 1.165) is 0 Å². The first-order valence-electron chi connectivity index (χ1n) is 7.34. The van der Waals surface area contributed by atoms with Crippen molar-refractivity contribution in [3.8, 4) is 0 Å². The summed E-state index contributed by atoms with van der Waals surface area (Å²) < 4.78 is 0. The van der Waals surface area contributed by atoms with Gasteiger partial charge in [-0.1, -0.05) is 60.7 Å². The zero-order valence-corrected chi connectivity index (χ0v) is 12.6.